The van der Waals surface area contributed by atoms with Gasteiger partial charge in [0, 0.05) is 16.6 Å². The summed E-state index contributed by atoms with van der Waals surface area (Å²) < 4.78 is 0. The SMILES string of the molecule is C[Si](C)(C)[SiH2]C1C=CC=C1. The molecule has 0 radical (unpaired) electrons. The molecule has 0 fully saturated rings. The number of hydrogen-bond donors (Lipinski definition) is 0. The molecule has 0 amide bonds. The van der Waals surface area contributed by atoms with Crippen molar-refractivity contribution < 1.29 is 0 Å². The van der Waals surface area contributed by atoms with Gasteiger partial charge in [-0.25, -0.2) is 0 Å². The fraction of sp³-hybridized carbons (Fsp3) is 0.500. The van der Waals surface area contributed by atoms with Crippen LogP contribution in [-0.4, -0.2) is 16.6 Å². The molecule has 1 aliphatic carbocycles. The molecule has 0 aromatic rings. The molecular weight excluding hydrogens is 152 g/mol. The van der Waals surface area contributed by atoms with Crippen molar-refractivity contribution in [2.45, 2.75) is 25.2 Å². The van der Waals surface area contributed by atoms with Crippen LogP contribution >= 0.6 is 0 Å². The van der Waals surface area contributed by atoms with Crippen molar-refractivity contribution in [1.29, 1.82) is 0 Å². The van der Waals surface area contributed by atoms with E-state index in [-0.39, 0.29) is 9.04 Å². The molecule has 10 heavy (non-hydrogen) atoms. The maximum atomic E-state index is 2.49. The van der Waals surface area contributed by atoms with E-state index < -0.39 is 7.59 Å². The minimum absolute atomic E-state index is 0.191. The third-order valence-electron chi connectivity index (χ3n) is 1.68. The molecule has 0 N–H and O–H groups in total. The highest BCUT2D eigenvalue weighted by Crippen LogP contribution is 2.17. The van der Waals surface area contributed by atoms with Crippen molar-refractivity contribution in [1.82, 2.24) is 0 Å². The van der Waals surface area contributed by atoms with Crippen LogP contribution in [0.2, 0.25) is 25.2 Å². The summed E-state index contributed by atoms with van der Waals surface area (Å²) in [5, 5.41) is 0. The van der Waals surface area contributed by atoms with E-state index in [1.54, 1.807) is 0 Å². The highest BCUT2D eigenvalue weighted by atomic mass is 29.2. The van der Waals surface area contributed by atoms with Crippen LogP contribution in [0.4, 0.5) is 0 Å². The Labute approximate surface area is 66.7 Å². The minimum atomic E-state index is -0.686. The molecule has 0 atom stereocenters. The van der Waals surface area contributed by atoms with Gasteiger partial charge in [0.25, 0.3) is 0 Å². The lowest BCUT2D eigenvalue weighted by atomic mass is 10.5. The summed E-state index contributed by atoms with van der Waals surface area (Å²) in [6, 6.07) is 0. The van der Waals surface area contributed by atoms with Gasteiger partial charge in [-0.1, -0.05) is 43.9 Å². The van der Waals surface area contributed by atoms with Crippen LogP contribution < -0.4 is 0 Å². The Morgan fingerprint density at radius 1 is 1.10 bits per heavy atom. The van der Waals surface area contributed by atoms with Gasteiger partial charge in [0.05, 0.1) is 0 Å². The van der Waals surface area contributed by atoms with Gasteiger partial charge < -0.3 is 0 Å². The molecule has 56 valence electrons. The second-order valence-electron chi connectivity index (χ2n) is 4.20. The molecule has 0 spiro atoms. The summed E-state index contributed by atoms with van der Waals surface area (Å²) >= 11 is 0. The van der Waals surface area contributed by atoms with Crippen LogP contribution in [0.25, 0.3) is 0 Å². The Hall–Kier alpha value is -0.0862. The van der Waals surface area contributed by atoms with Gasteiger partial charge in [0.15, 0.2) is 0 Å². The zero-order valence-corrected chi connectivity index (χ0v) is 9.51. The van der Waals surface area contributed by atoms with Crippen molar-refractivity contribution >= 4 is 16.6 Å². The Bertz CT molecular complexity index is 151. The van der Waals surface area contributed by atoms with Crippen molar-refractivity contribution in [3.05, 3.63) is 24.3 Å². The van der Waals surface area contributed by atoms with Crippen molar-refractivity contribution in [2.75, 3.05) is 0 Å². The molecule has 0 heterocycles. The standard InChI is InChI=1S/C8H16Si2/c1-10(2,3)9-8-6-4-5-7-8/h4-8H,9H2,1-3H3. The molecule has 0 aromatic carbocycles. The molecule has 0 nitrogen and oxygen atoms in total. The molecule has 0 bridgehead atoms. The monoisotopic (exact) mass is 168 g/mol. The predicted octanol–water partition coefficient (Wildman–Crippen LogP) is 1.90. The molecular formula is C8H16Si2. The molecule has 1 rings (SSSR count). The largest absolute Gasteiger partial charge is 0.0813 e. The maximum absolute atomic E-state index is 2.49. The average molecular weight is 168 g/mol. The van der Waals surface area contributed by atoms with Crippen LogP contribution in [0.5, 0.6) is 0 Å². The highest BCUT2D eigenvalue weighted by Gasteiger charge is 2.18. The number of hydrogen-bond acceptors (Lipinski definition) is 0. The van der Waals surface area contributed by atoms with Gasteiger partial charge >= 0.3 is 0 Å². The minimum Gasteiger partial charge on any atom is -0.0813 e. The Kier molecular flexibility index (Phi) is 2.31. The number of allylic oxidation sites excluding steroid dienone is 4. The molecule has 1 aliphatic rings. The Morgan fingerprint density at radius 2 is 1.60 bits per heavy atom. The fourth-order valence-electron chi connectivity index (χ4n) is 1.32. The summed E-state index contributed by atoms with van der Waals surface area (Å²) in [7, 11) is -0.494. The van der Waals surface area contributed by atoms with E-state index in [1.807, 2.05) is 0 Å². The van der Waals surface area contributed by atoms with E-state index in [0.29, 0.717) is 0 Å². The van der Waals surface area contributed by atoms with E-state index in [0.717, 1.165) is 5.54 Å². The summed E-state index contributed by atoms with van der Waals surface area (Å²) in [4.78, 5) is 0. The predicted molar refractivity (Wildman–Crippen MR) is 53.9 cm³/mol. The van der Waals surface area contributed by atoms with Gasteiger partial charge in [0.1, 0.15) is 0 Å². The lowest BCUT2D eigenvalue weighted by molar-refractivity contribution is 1.41. The summed E-state index contributed by atoms with van der Waals surface area (Å²) in [5.41, 5.74) is 0.895. The first-order valence-electron chi connectivity index (χ1n) is 3.93. The Morgan fingerprint density at radius 3 is 2.00 bits per heavy atom. The van der Waals surface area contributed by atoms with Crippen LogP contribution in [0, 0.1) is 0 Å². The van der Waals surface area contributed by atoms with Gasteiger partial charge in [-0.05, 0) is 5.54 Å². The second kappa shape index (κ2) is 2.88. The smallest absolute Gasteiger partial charge is 0.0321 e. The van der Waals surface area contributed by atoms with E-state index in [2.05, 4.69) is 43.9 Å². The second-order valence-corrected chi connectivity index (χ2v) is 18.3. The zero-order valence-electron chi connectivity index (χ0n) is 7.09. The Balaban J connectivity index is 2.40. The molecule has 0 saturated heterocycles. The fourth-order valence-corrected chi connectivity index (χ4v) is 8.38. The van der Waals surface area contributed by atoms with Crippen LogP contribution in [0.3, 0.4) is 0 Å². The zero-order chi connectivity index (χ0) is 7.61. The lowest BCUT2D eigenvalue weighted by Gasteiger charge is -2.17. The van der Waals surface area contributed by atoms with Crippen molar-refractivity contribution in [2.24, 2.45) is 0 Å². The first-order valence-corrected chi connectivity index (χ1v) is 10.6. The molecule has 0 aliphatic heterocycles. The van der Waals surface area contributed by atoms with Crippen molar-refractivity contribution in [3.63, 3.8) is 0 Å². The van der Waals surface area contributed by atoms with Gasteiger partial charge in [-0.3, -0.25) is 0 Å². The summed E-state index contributed by atoms with van der Waals surface area (Å²) in [6.45, 7) is 7.46. The summed E-state index contributed by atoms with van der Waals surface area (Å²) in [5.74, 6) is 0. The maximum Gasteiger partial charge on any atom is 0.0321 e. The lowest BCUT2D eigenvalue weighted by Crippen LogP contribution is -2.31. The third kappa shape index (κ3) is 2.67. The van der Waals surface area contributed by atoms with Crippen molar-refractivity contribution in [3.8, 4) is 0 Å². The van der Waals surface area contributed by atoms with Crippen LogP contribution in [0.1, 0.15) is 0 Å². The van der Waals surface area contributed by atoms with Gasteiger partial charge in [-0.2, -0.15) is 0 Å². The van der Waals surface area contributed by atoms with Crippen LogP contribution in [0.15, 0.2) is 24.3 Å². The average Bonchev–Trinajstić information content (AvgIpc) is 2.12. The summed E-state index contributed by atoms with van der Waals surface area (Å²) in [6.07, 6.45) is 9.12. The highest BCUT2D eigenvalue weighted by molar-refractivity contribution is 7.23. The first-order chi connectivity index (χ1) is 4.58. The van der Waals surface area contributed by atoms with E-state index in [4.69, 9.17) is 0 Å². The first kappa shape index (κ1) is 8.01. The van der Waals surface area contributed by atoms with E-state index in [9.17, 15) is 0 Å². The normalized spacial score (nSPS) is 19.9. The molecule has 0 aromatic heterocycles. The van der Waals surface area contributed by atoms with E-state index >= 15 is 0 Å². The topological polar surface area (TPSA) is 0 Å². The van der Waals surface area contributed by atoms with Gasteiger partial charge in [0.2, 0.25) is 0 Å². The quantitative estimate of drug-likeness (QED) is 0.553. The van der Waals surface area contributed by atoms with E-state index in [1.165, 1.54) is 0 Å². The third-order valence-corrected chi connectivity index (χ3v) is 9.00. The molecule has 2 heteroatoms. The molecule has 0 saturated carbocycles. The molecule has 0 unspecified atom stereocenters. The number of rotatable bonds is 2. The van der Waals surface area contributed by atoms with Gasteiger partial charge in [-0.15, -0.1) is 0 Å². The van der Waals surface area contributed by atoms with Crippen LogP contribution in [-0.2, 0) is 0 Å².